The first-order valence-corrected chi connectivity index (χ1v) is 8.44. The van der Waals surface area contributed by atoms with E-state index in [0.29, 0.717) is 56.1 Å². The summed E-state index contributed by atoms with van der Waals surface area (Å²) in [6.45, 7) is 8.93. The minimum atomic E-state index is -0.0623. The summed E-state index contributed by atoms with van der Waals surface area (Å²) in [4.78, 5) is 33.4. The van der Waals surface area contributed by atoms with Gasteiger partial charge in [-0.1, -0.05) is 6.92 Å². The molecule has 2 aromatic rings. The molecule has 1 saturated heterocycles. The number of rotatable bonds is 3. The zero-order valence-corrected chi connectivity index (χ0v) is 14.7. The van der Waals surface area contributed by atoms with Crippen molar-refractivity contribution < 1.29 is 4.79 Å². The Balaban J connectivity index is 2.00. The molecular formula is C16H24N6O2. The molecule has 8 nitrogen and oxygen atoms in total. The molecule has 3 rings (SSSR count). The normalized spacial score (nSPS) is 15.3. The molecule has 0 atom stereocenters. The van der Waals surface area contributed by atoms with Gasteiger partial charge in [-0.25, -0.2) is 4.98 Å². The molecule has 0 aromatic carbocycles. The van der Waals surface area contributed by atoms with Crippen molar-refractivity contribution in [1.82, 2.24) is 24.2 Å². The van der Waals surface area contributed by atoms with E-state index in [2.05, 4.69) is 10.00 Å². The second kappa shape index (κ2) is 6.26. The maximum atomic E-state index is 12.8. The number of amides is 1. The molecule has 0 radical (unpaired) electrons. The van der Waals surface area contributed by atoms with Gasteiger partial charge in [0.25, 0.3) is 5.56 Å². The summed E-state index contributed by atoms with van der Waals surface area (Å²) >= 11 is 0. The number of anilines is 1. The number of carbonyl (C=O) groups is 1. The van der Waals surface area contributed by atoms with Gasteiger partial charge in [-0.3, -0.25) is 18.8 Å². The van der Waals surface area contributed by atoms with Gasteiger partial charge in [0.2, 0.25) is 11.9 Å². The zero-order chi connectivity index (χ0) is 17.4. The van der Waals surface area contributed by atoms with Gasteiger partial charge in [-0.2, -0.15) is 5.10 Å². The van der Waals surface area contributed by atoms with Crippen LogP contribution in [0.5, 0.6) is 0 Å². The molecule has 0 bridgehead atoms. The fraction of sp³-hybridized carbons (Fsp3) is 0.625. The van der Waals surface area contributed by atoms with Crippen molar-refractivity contribution in [2.75, 3.05) is 31.1 Å². The Labute approximate surface area is 140 Å². The third kappa shape index (κ3) is 2.55. The number of nitrogens with zero attached hydrogens (tertiary/aromatic N) is 6. The molecule has 0 aliphatic carbocycles. The van der Waals surface area contributed by atoms with Crippen LogP contribution in [0.2, 0.25) is 0 Å². The van der Waals surface area contributed by atoms with Crippen LogP contribution in [0.4, 0.5) is 5.95 Å². The van der Waals surface area contributed by atoms with Crippen molar-refractivity contribution in [2.45, 2.75) is 33.7 Å². The van der Waals surface area contributed by atoms with Gasteiger partial charge in [-0.15, -0.1) is 0 Å². The maximum absolute atomic E-state index is 12.8. The number of fused-ring (bicyclic) bond motifs is 1. The van der Waals surface area contributed by atoms with Crippen LogP contribution in [0.15, 0.2) is 4.79 Å². The average molecular weight is 332 g/mol. The van der Waals surface area contributed by atoms with Gasteiger partial charge < -0.3 is 9.80 Å². The Bertz CT molecular complexity index is 829. The van der Waals surface area contributed by atoms with E-state index in [1.54, 1.807) is 16.3 Å². The molecule has 1 aliphatic heterocycles. The van der Waals surface area contributed by atoms with Crippen molar-refractivity contribution in [3.63, 3.8) is 0 Å². The number of carbonyl (C=O) groups excluding carboxylic acids is 1. The van der Waals surface area contributed by atoms with E-state index >= 15 is 0 Å². The summed E-state index contributed by atoms with van der Waals surface area (Å²) in [5.74, 6) is 0.851. The third-order valence-electron chi connectivity index (χ3n) is 4.63. The first-order valence-electron chi connectivity index (χ1n) is 8.44. The topological polar surface area (TPSA) is 76.3 Å². The van der Waals surface area contributed by atoms with Crippen LogP contribution in [0.25, 0.3) is 11.0 Å². The lowest BCUT2D eigenvalue weighted by atomic mass is 10.3. The first kappa shape index (κ1) is 16.5. The molecule has 2 aromatic heterocycles. The lowest BCUT2D eigenvalue weighted by Crippen LogP contribution is -2.50. The maximum Gasteiger partial charge on any atom is 0.281 e. The number of hydrogen-bond acceptors (Lipinski definition) is 5. The second-order valence-electron chi connectivity index (χ2n) is 6.09. The summed E-state index contributed by atoms with van der Waals surface area (Å²) in [7, 11) is 1.77. The molecule has 0 unspecified atom stereocenters. The third-order valence-corrected chi connectivity index (χ3v) is 4.63. The molecule has 1 fully saturated rings. The van der Waals surface area contributed by atoms with Crippen LogP contribution in [0.1, 0.15) is 26.0 Å². The van der Waals surface area contributed by atoms with Gasteiger partial charge in [0.05, 0.1) is 5.69 Å². The molecular weight excluding hydrogens is 308 g/mol. The monoisotopic (exact) mass is 332 g/mol. The van der Waals surface area contributed by atoms with Crippen LogP contribution in [-0.2, 0) is 18.4 Å². The molecule has 1 amide bonds. The number of piperazine rings is 1. The Morgan fingerprint density at radius 3 is 2.42 bits per heavy atom. The zero-order valence-electron chi connectivity index (χ0n) is 14.7. The summed E-state index contributed by atoms with van der Waals surface area (Å²) in [5.41, 5.74) is 1.90. The van der Waals surface area contributed by atoms with E-state index < -0.39 is 0 Å². The molecule has 0 spiro atoms. The van der Waals surface area contributed by atoms with Crippen molar-refractivity contribution in [3.8, 4) is 0 Å². The minimum absolute atomic E-state index is 0.0623. The Kier molecular flexibility index (Phi) is 4.29. The summed E-state index contributed by atoms with van der Waals surface area (Å²) in [6, 6.07) is 0. The Morgan fingerprint density at radius 1 is 1.17 bits per heavy atom. The van der Waals surface area contributed by atoms with Crippen molar-refractivity contribution >= 4 is 22.9 Å². The van der Waals surface area contributed by atoms with Crippen LogP contribution >= 0.6 is 0 Å². The summed E-state index contributed by atoms with van der Waals surface area (Å²) in [6.07, 6.45) is 0.527. The second-order valence-corrected chi connectivity index (χ2v) is 6.09. The minimum Gasteiger partial charge on any atom is -0.339 e. The van der Waals surface area contributed by atoms with E-state index in [-0.39, 0.29) is 11.5 Å². The molecule has 0 saturated carbocycles. The van der Waals surface area contributed by atoms with E-state index in [0.717, 1.165) is 5.69 Å². The van der Waals surface area contributed by atoms with E-state index in [9.17, 15) is 9.59 Å². The van der Waals surface area contributed by atoms with Gasteiger partial charge >= 0.3 is 0 Å². The number of hydrogen-bond donors (Lipinski definition) is 0. The SMILES string of the molecule is CCC(=O)N1CCN(c2nc3c(C)nn(C)c3c(=O)n2CC)CC1. The standard InChI is InChI=1S/C16H24N6O2/c1-5-12(23)20-7-9-21(10-8-20)16-17-13-11(3)18-19(4)14(13)15(24)22(16)6-2/h5-10H2,1-4H3. The summed E-state index contributed by atoms with van der Waals surface area (Å²) in [5, 5.41) is 4.33. The van der Waals surface area contributed by atoms with Crippen molar-refractivity contribution in [3.05, 3.63) is 16.0 Å². The van der Waals surface area contributed by atoms with Crippen LogP contribution in [0, 0.1) is 6.92 Å². The highest BCUT2D eigenvalue weighted by molar-refractivity contribution is 5.78. The number of aromatic nitrogens is 4. The molecule has 130 valence electrons. The largest absolute Gasteiger partial charge is 0.339 e. The molecule has 0 N–H and O–H groups in total. The van der Waals surface area contributed by atoms with E-state index in [1.165, 1.54) is 0 Å². The highest BCUT2D eigenvalue weighted by Crippen LogP contribution is 2.19. The highest BCUT2D eigenvalue weighted by Gasteiger charge is 2.25. The van der Waals surface area contributed by atoms with Gasteiger partial charge in [0.15, 0.2) is 5.52 Å². The first-order chi connectivity index (χ1) is 11.5. The molecule has 1 aliphatic rings. The lowest BCUT2D eigenvalue weighted by Gasteiger charge is -2.36. The highest BCUT2D eigenvalue weighted by atomic mass is 16.2. The van der Waals surface area contributed by atoms with Gasteiger partial charge in [0, 0.05) is 46.2 Å². The van der Waals surface area contributed by atoms with Crippen molar-refractivity contribution in [1.29, 1.82) is 0 Å². The lowest BCUT2D eigenvalue weighted by molar-refractivity contribution is -0.131. The van der Waals surface area contributed by atoms with Crippen LogP contribution in [-0.4, -0.2) is 56.3 Å². The van der Waals surface area contributed by atoms with Gasteiger partial charge in [-0.05, 0) is 13.8 Å². The Hall–Kier alpha value is -2.38. The predicted molar refractivity (Wildman–Crippen MR) is 92.3 cm³/mol. The van der Waals surface area contributed by atoms with E-state index in [1.807, 2.05) is 25.7 Å². The van der Waals surface area contributed by atoms with Crippen molar-refractivity contribution in [2.24, 2.45) is 7.05 Å². The quantitative estimate of drug-likeness (QED) is 0.819. The summed E-state index contributed by atoms with van der Waals surface area (Å²) < 4.78 is 3.30. The molecule has 8 heteroatoms. The van der Waals surface area contributed by atoms with Crippen LogP contribution in [0.3, 0.4) is 0 Å². The average Bonchev–Trinajstić information content (AvgIpc) is 2.88. The van der Waals surface area contributed by atoms with Gasteiger partial charge in [0.1, 0.15) is 5.52 Å². The molecule has 3 heterocycles. The fourth-order valence-corrected chi connectivity index (χ4v) is 3.31. The number of aryl methyl sites for hydroxylation is 2. The molecule has 24 heavy (non-hydrogen) atoms. The smallest absolute Gasteiger partial charge is 0.281 e. The van der Waals surface area contributed by atoms with E-state index in [4.69, 9.17) is 4.98 Å². The fourth-order valence-electron chi connectivity index (χ4n) is 3.31. The van der Waals surface area contributed by atoms with Crippen LogP contribution < -0.4 is 10.5 Å². The predicted octanol–water partition coefficient (Wildman–Crippen LogP) is 0.517. The Morgan fingerprint density at radius 2 is 1.83 bits per heavy atom.